The zero-order chi connectivity index (χ0) is 19.0. The maximum absolute atomic E-state index is 12.2. The summed E-state index contributed by atoms with van der Waals surface area (Å²) >= 11 is 0. The normalized spacial score (nSPS) is 13.2. The highest BCUT2D eigenvalue weighted by Crippen LogP contribution is 2.25. The number of esters is 1. The second kappa shape index (κ2) is 10.9. The van der Waals surface area contributed by atoms with E-state index >= 15 is 0 Å². The van der Waals surface area contributed by atoms with Gasteiger partial charge in [-0.25, -0.2) is 0 Å². The molecule has 148 valence electrons. The molecule has 2 atom stereocenters. The van der Waals surface area contributed by atoms with Gasteiger partial charge in [0, 0.05) is 12.5 Å². The first-order chi connectivity index (χ1) is 11.6. The van der Waals surface area contributed by atoms with Gasteiger partial charge in [-0.15, -0.1) is 25.6 Å². The number of carbonyl (C=O) groups excluding carboxylic acids is 2. The number of halogens is 4. The lowest BCUT2D eigenvalue weighted by Crippen LogP contribution is -2.31. The molecule has 0 fully saturated rings. The molecule has 1 rings (SSSR count). The van der Waals surface area contributed by atoms with E-state index in [4.69, 9.17) is 5.73 Å². The van der Waals surface area contributed by atoms with Crippen LogP contribution < -0.4 is 15.8 Å². The van der Waals surface area contributed by atoms with Crippen molar-refractivity contribution in [1.29, 1.82) is 0 Å². The van der Waals surface area contributed by atoms with E-state index in [1.807, 2.05) is 0 Å². The Balaban J connectivity index is 0.00000625. The van der Waals surface area contributed by atoms with Gasteiger partial charge in [-0.2, -0.15) is 0 Å². The quantitative estimate of drug-likeness (QED) is 0.657. The summed E-state index contributed by atoms with van der Waals surface area (Å²) in [4.78, 5) is 23.5. The number of benzene rings is 1. The van der Waals surface area contributed by atoms with Crippen molar-refractivity contribution >= 4 is 24.3 Å². The molecule has 0 aliphatic rings. The van der Waals surface area contributed by atoms with Crippen molar-refractivity contribution in [2.24, 2.45) is 5.73 Å². The molecule has 26 heavy (non-hydrogen) atoms. The number of methoxy groups -OCH3 is 1. The van der Waals surface area contributed by atoms with E-state index in [9.17, 15) is 22.8 Å². The summed E-state index contributed by atoms with van der Waals surface area (Å²) in [6, 6.07) is 4.04. The van der Waals surface area contributed by atoms with Crippen LogP contribution in [0.5, 0.6) is 5.75 Å². The molecule has 0 aliphatic carbocycles. The summed E-state index contributed by atoms with van der Waals surface area (Å²) in [6.45, 7) is 1.76. The van der Waals surface area contributed by atoms with Crippen LogP contribution in [-0.4, -0.2) is 31.4 Å². The van der Waals surface area contributed by atoms with Crippen molar-refractivity contribution in [1.82, 2.24) is 5.32 Å². The summed E-state index contributed by atoms with van der Waals surface area (Å²) < 4.78 is 44.9. The minimum atomic E-state index is -4.79. The van der Waals surface area contributed by atoms with Crippen LogP contribution in [-0.2, 0) is 14.3 Å². The predicted octanol–water partition coefficient (Wildman–Crippen LogP) is 2.85. The third-order valence-electron chi connectivity index (χ3n) is 3.28. The minimum absolute atomic E-state index is 0. The van der Waals surface area contributed by atoms with Crippen molar-refractivity contribution in [3.63, 3.8) is 0 Å². The lowest BCUT2D eigenvalue weighted by atomic mass is 10.0. The number of amides is 1. The number of hydrogen-bond acceptors (Lipinski definition) is 5. The highest BCUT2D eigenvalue weighted by atomic mass is 35.5. The second-order valence-electron chi connectivity index (χ2n) is 5.53. The maximum atomic E-state index is 12.2. The molecule has 2 unspecified atom stereocenters. The second-order valence-corrected chi connectivity index (χ2v) is 5.53. The molecular weight excluding hydrogens is 377 g/mol. The number of rotatable bonds is 8. The standard InChI is InChI=1S/C16H21F3N2O4.ClH/c1-10(20)3-8-14(22)21-13(9-15(23)24-2)11-4-6-12(7-5-11)25-16(17,18)19;/h4-7,10,13H,3,8-9,20H2,1-2H3,(H,21,22);1H. The van der Waals surface area contributed by atoms with Gasteiger partial charge >= 0.3 is 12.3 Å². The fourth-order valence-electron chi connectivity index (χ4n) is 2.03. The van der Waals surface area contributed by atoms with Crippen LogP contribution >= 0.6 is 12.4 Å². The summed E-state index contributed by atoms with van der Waals surface area (Å²) in [6.07, 6.45) is -4.31. The Bertz CT molecular complexity index is 580. The van der Waals surface area contributed by atoms with E-state index in [2.05, 4.69) is 14.8 Å². The maximum Gasteiger partial charge on any atom is 0.573 e. The first-order valence-corrected chi connectivity index (χ1v) is 7.58. The number of carbonyl (C=O) groups is 2. The number of nitrogens with one attached hydrogen (secondary N) is 1. The van der Waals surface area contributed by atoms with Crippen molar-refractivity contribution in [2.75, 3.05) is 7.11 Å². The minimum Gasteiger partial charge on any atom is -0.469 e. The molecule has 0 heterocycles. The fraction of sp³-hybridized carbons (Fsp3) is 0.500. The lowest BCUT2D eigenvalue weighted by molar-refractivity contribution is -0.274. The molecule has 6 nitrogen and oxygen atoms in total. The van der Waals surface area contributed by atoms with Gasteiger partial charge in [0.25, 0.3) is 0 Å². The van der Waals surface area contributed by atoms with E-state index < -0.39 is 24.1 Å². The number of alkyl halides is 3. The molecule has 0 spiro atoms. The molecule has 0 aromatic heterocycles. The van der Waals surface area contributed by atoms with Crippen molar-refractivity contribution in [3.8, 4) is 5.75 Å². The molecule has 1 aromatic rings. The first-order valence-electron chi connectivity index (χ1n) is 7.58. The van der Waals surface area contributed by atoms with Crippen LogP contribution in [0.4, 0.5) is 13.2 Å². The average molecular weight is 399 g/mol. The van der Waals surface area contributed by atoms with Crippen molar-refractivity contribution in [2.45, 2.75) is 44.6 Å². The van der Waals surface area contributed by atoms with Crippen molar-refractivity contribution < 1.29 is 32.2 Å². The van der Waals surface area contributed by atoms with E-state index in [0.29, 0.717) is 12.0 Å². The van der Waals surface area contributed by atoms with Gasteiger partial charge in [0.2, 0.25) is 5.91 Å². The number of ether oxygens (including phenoxy) is 2. The third kappa shape index (κ3) is 9.47. The van der Waals surface area contributed by atoms with Gasteiger partial charge in [0.1, 0.15) is 5.75 Å². The van der Waals surface area contributed by atoms with Crippen LogP contribution in [0, 0.1) is 0 Å². The largest absolute Gasteiger partial charge is 0.573 e. The number of nitrogens with two attached hydrogens (primary N) is 1. The van der Waals surface area contributed by atoms with Crippen LogP contribution in [0.2, 0.25) is 0 Å². The topological polar surface area (TPSA) is 90.7 Å². The Morgan fingerprint density at radius 3 is 2.27 bits per heavy atom. The molecule has 1 aromatic carbocycles. The Hall–Kier alpha value is -2.00. The molecule has 0 saturated heterocycles. The Kier molecular flexibility index (Phi) is 10.0. The number of hydrogen-bond donors (Lipinski definition) is 2. The van der Waals surface area contributed by atoms with E-state index in [0.717, 1.165) is 12.1 Å². The molecule has 3 N–H and O–H groups in total. The van der Waals surface area contributed by atoms with E-state index in [1.165, 1.54) is 19.2 Å². The van der Waals surface area contributed by atoms with Crippen molar-refractivity contribution in [3.05, 3.63) is 29.8 Å². The monoisotopic (exact) mass is 398 g/mol. The SMILES string of the molecule is COC(=O)CC(NC(=O)CCC(C)N)c1ccc(OC(F)(F)F)cc1.Cl. The van der Waals surface area contributed by atoms with Gasteiger partial charge in [-0.3, -0.25) is 9.59 Å². The summed E-state index contributed by atoms with van der Waals surface area (Å²) in [5.74, 6) is -1.27. The van der Waals surface area contributed by atoms with Gasteiger partial charge in [0.15, 0.2) is 0 Å². The average Bonchev–Trinajstić information content (AvgIpc) is 2.51. The zero-order valence-corrected chi connectivity index (χ0v) is 15.2. The van der Waals surface area contributed by atoms with Gasteiger partial charge in [-0.05, 0) is 31.0 Å². The summed E-state index contributed by atoms with van der Waals surface area (Å²) in [5, 5.41) is 2.66. The van der Waals surface area contributed by atoms with Gasteiger partial charge in [0.05, 0.1) is 19.6 Å². The highest BCUT2D eigenvalue weighted by molar-refractivity contribution is 5.85. The Morgan fingerprint density at radius 1 is 1.23 bits per heavy atom. The molecule has 0 radical (unpaired) electrons. The van der Waals surface area contributed by atoms with Crippen LogP contribution in [0.25, 0.3) is 0 Å². The highest BCUT2D eigenvalue weighted by Gasteiger charge is 2.31. The smallest absolute Gasteiger partial charge is 0.469 e. The molecule has 1 amide bonds. The van der Waals surface area contributed by atoms with Gasteiger partial charge in [-0.1, -0.05) is 12.1 Å². The summed E-state index contributed by atoms with van der Waals surface area (Å²) in [5.41, 5.74) is 6.04. The van der Waals surface area contributed by atoms with Crippen LogP contribution in [0.1, 0.15) is 37.8 Å². The Morgan fingerprint density at radius 2 is 1.81 bits per heavy atom. The van der Waals surface area contributed by atoms with Gasteiger partial charge < -0.3 is 20.5 Å². The molecule has 0 bridgehead atoms. The van der Waals surface area contributed by atoms with E-state index in [-0.39, 0.29) is 37.2 Å². The lowest BCUT2D eigenvalue weighted by Gasteiger charge is -2.19. The van der Waals surface area contributed by atoms with E-state index in [1.54, 1.807) is 6.92 Å². The molecular formula is C16H22ClF3N2O4. The first kappa shape index (κ1) is 24.0. The molecule has 0 aliphatic heterocycles. The zero-order valence-electron chi connectivity index (χ0n) is 14.3. The molecule has 10 heteroatoms. The fourth-order valence-corrected chi connectivity index (χ4v) is 2.03. The molecule has 0 saturated carbocycles. The van der Waals surface area contributed by atoms with Crippen LogP contribution in [0.3, 0.4) is 0 Å². The van der Waals surface area contributed by atoms with Crippen LogP contribution in [0.15, 0.2) is 24.3 Å². The third-order valence-corrected chi connectivity index (χ3v) is 3.28. The summed E-state index contributed by atoms with van der Waals surface area (Å²) in [7, 11) is 1.21. The Labute approximate surface area is 155 Å². The predicted molar refractivity (Wildman–Crippen MR) is 90.8 cm³/mol.